The summed E-state index contributed by atoms with van der Waals surface area (Å²) in [5.74, 6) is -0.752. The van der Waals surface area contributed by atoms with Crippen LogP contribution in [0.4, 0.5) is 11.4 Å². The van der Waals surface area contributed by atoms with Crippen LogP contribution in [-0.2, 0) is 19.2 Å². The fourth-order valence-electron chi connectivity index (χ4n) is 5.27. The van der Waals surface area contributed by atoms with Crippen LogP contribution in [0, 0.1) is 13.8 Å². The number of benzene rings is 2. The molecule has 34 heavy (non-hydrogen) atoms. The van der Waals surface area contributed by atoms with E-state index < -0.39 is 12.1 Å². The van der Waals surface area contributed by atoms with E-state index in [0.717, 1.165) is 11.1 Å². The van der Waals surface area contributed by atoms with E-state index >= 15 is 0 Å². The molecule has 5 rings (SSSR count). The zero-order chi connectivity index (χ0) is 24.0. The van der Waals surface area contributed by atoms with Crippen molar-refractivity contribution in [1.29, 1.82) is 0 Å². The highest BCUT2D eigenvalue weighted by molar-refractivity contribution is 6.23. The number of carbonyl (C=O) groups is 4. The molecule has 3 aliphatic rings. The second-order valence-electron chi connectivity index (χ2n) is 9.27. The Bertz CT molecular complexity index is 1170. The van der Waals surface area contributed by atoms with Crippen LogP contribution in [0.5, 0.6) is 0 Å². The highest BCUT2D eigenvalue weighted by Crippen LogP contribution is 2.30. The lowest BCUT2D eigenvalue weighted by Crippen LogP contribution is -2.56. The van der Waals surface area contributed by atoms with Gasteiger partial charge in [-0.05, 0) is 43.2 Å². The van der Waals surface area contributed by atoms with E-state index in [1.165, 1.54) is 9.80 Å². The molecule has 0 aliphatic carbocycles. The summed E-state index contributed by atoms with van der Waals surface area (Å²) < 4.78 is 0. The van der Waals surface area contributed by atoms with E-state index in [2.05, 4.69) is 0 Å². The quantitative estimate of drug-likeness (QED) is 0.649. The Morgan fingerprint density at radius 3 is 1.82 bits per heavy atom. The molecule has 8 heteroatoms. The van der Waals surface area contributed by atoms with E-state index in [9.17, 15) is 19.2 Å². The maximum atomic E-state index is 13.2. The lowest BCUT2D eigenvalue weighted by atomic mass is 10.1. The SMILES string of the molecule is Cc1cccc(N2C(=O)C[C@@H](N3CCN([C@@H]4CC(=O)N(c5ccccc5C)C4=O)CC3)C2=O)c1. The lowest BCUT2D eigenvalue weighted by Gasteiger charge is -2.38. The molecular weight excluding hydrogens is 432 g/mol. The van der Waals surface area contributed by atoms with Gasteiger partial charge >= 0.3 is 0 Å². The molecule has 0 radical (unpaired) electrons. The van der Waals surface area contributed by atoms with Crippen molar-refractivity contribution in [3.63, 3.8) is 0 Å². The molecule has 2 aromatic carbocycles. The number of nitrogens with zero attached hydrogens (tertiary/aromatic N) is 4. The number of imide groups is 2. The van der Waals surface area contributed by atoms with Gasteiger partial charge in [0.05, 0.1) is 36.3 Å². The van der Waals surface area contributed by atoms with Gasteiger partial charge in [0.2, 0.25) is 11.8 Å². The summed E-state index contributed by atoms with van der Waals surface area (Å²) in [4.78, 5) is 58.4. The zero-order valence-corrected chi connectivity index (χ0v) is 19.4. The van der Waals surface area contributed by atoms with E-state index in [1.807, 2.05) is 60.0 Å². The molecule has 0 N–H and O–H groups in total. The molecule has 0 aromatic heterocycles. The average molecular weight is 461 g/mol. The van der Waals surface area contributed by atoms with Crippen molar-refractivity contribution in [2.24, 2.45) is 0 Å². The molecule has 2 aromatic rings. The van der Waals surface area contributed by atoms with Crippen LogP contribution in [-0.4, -0.2) is 71.7 Å². The maximum absolute atomic E-state index is 13.2. The first-order chi connectivity index (χ1) is 16.3. The number of aryl methyl sites for hydroxylation is 2. The molecule has 0 saturated carbocycles. The number of carbonyl (C=O) groups excluding carboxylic acids is 4. The highest BCUT2D eigenvalue weighted by atomic mass is 16.2. The third-order valence-corrected chi connectivity index (χ3v) is 7.09. The molecule has 8 nitrogen and oxygen atoms in total. The lowest BCUT2D eigenvalue weighted by molar-refractivity contribution is -0.126. The van der Waals surface area contributed by atoms with Gasteiger partial charge in [-0.3, -0.25) is 29.0 Å². The molecule has 176 valence electrons. The standard InChI is InChI=1S/C26H28N4O4/c1-17-6-5-8-19(14-17)29-23(31)15-21(25(29)33)27-10-12-28(13-11-27)22-16-24(32)30(26(22)34)20-9-4-3-7-18(20)2/h3-9,14,21-22H,10-13,15-16H2,1-2H3/t21-,22-/m1/s1. The van der Waals surface area contributed by atoms with Crippen LogP contribution in [0.3, 0.4) is 0 Å². The molecular formula is C26H28N4O4. The summed E-state index contributed by atoms with van der Waals surface area (Å²) in [5, 5.41) is 0. The van der Waals surface area contributed by atoms with Crippen molar-refractivity contribution in [2.45, 2.75) is 38.8 Å². The average Bonchev–Trinajstić information content (AvgIpc) is 3.28. The number of hydrogen-bond donors (Lipinski definition) is 0. The first-order valence-electron chi connectivity index (χ1n) is 11.7. The van der Waals surface area contributed by atoms with E-state index in [4.69, 9.17) is 0 Å². The molecule has 0 spiro atoms. The predicted octanol–water partition coefficient (Wildman–Crippen LogP) is 1.89. The van der Waals surface area contributed by atoms with Crippen molar-refractivity contribution in [2.75, 3.05) is 36.0 Å². The number of anilines is 2. The molecule has 3 fully saturated rings. The fraction of sp³-hybridized carbons (Fsp3) is 0.385. The predicted molar refractivity (Wildman–Crippen MR) is 127 cm³/mol. The zero-order valence-electron chi connectivity index (χ0n) is 19.4. The Kier molecular flexibility index (Phi) is 5.79. The van der Waals surface area contributed by atoms with Gasteiger partial charge in [-0.2, -0.15) is 0 Å². The third kappa shape index (κ3) is 3.82. The first-order valence-corrected chi connectivity index (χ1v) is 11.7. The van der Waals surface area contributed by atoms with Gasteiger partial charge in [0.1, 0.15) is 0 Å². The van der Waals surface area contributed by atoms with Crippen molar-refractivity contribution < 1.29 is 19.2 Å². The van der Waals surface area contributed by atoms with Crippen LogP contribution in [0.25, 0.3) is 0 Å². The van der Waals surface area contributed by atoms with Gasteiger partial charge in [0.25, 0.3) is 11.8 Å². The fourth-order valence-corrected chi connectivity index (χ4v) is 5.27. The maximum Gasteiger partial charge on any atom is 0.251 e. The van der Waals surface area contributed by atoms with Crippen molar-refractivity contribution in [1.82, 2.24) is 9.80 Å². The molecule has 0 bridgehead atoms. The minimum absolute atomic E-state index is 0.161. The number of hydrogen-bond acceptors (Lipinski definition) is 6. The Morgan fingerprint density at radius 1 is 0.676 bits per heavy atom. The summed E-state index contributed by atoms with van der Waals surface area (Å²) in [5.41, 5.74) is 3.13. The smallest absolute Gasteiger partial charge is 0.251 e. The van der Waals surface area contributed by atoms with E-state index in [0.29, 0.717) is 37.6 Å². The summed E-state index contributed by atoms with van der Waals surface area (Å²) in [7, 11) is 0. The van der Waals surface area contributed by atoms with Crippen LogP contribution >= 0.6 is 0 Å². The Labute approximate surface area is 198 Å². The van der Waals surface area contributed by atoms with Gasteiger partial charge in [-0.15, -0.1) is 0 Å². The van der Waals surface area contributed by atoms with Gasteiger partial charge in [-0.1, -0.05) is 30.3 Å². The Hall–Kier alpha value is -3.36. The van der Waals surface area contributed by atoms with Gasteiger partial charge in [0, 0.05) is 26.2 Å². The van der Waals surface area contributed by atoms with Crippen molar-refractivity contribution in [3.05, 3.63) is 59.7 Å². The normalized spacial score (nSPS) is 24.5. The number of piperazine rings is 1. The van der Waals surface area contributed by atoms with Crippen LogP contribution in [0.15, 0.2) is 48.5 Å². The minimum Gasteiger partial charge on any atom is -0.289 e. The largest absolute Gasteiger partial charge is 0.289 e. The number of rotatable bonds is 4. The molecule has 0 unspecified atom stereocenters. The molecule has 4 amide bonds. The van der Waals surface area contributed by atoms with Crippen LogP contribution < -0.4 is 9.80 Å². The molecule has 3 saturated heterocycles. The molecule has 3 aliphatic heterocycles. The van der Waals surface area contributed by atoms with E-state index in [-0.39, 0.29) is 36.5 Å². The summed E-state index contributed by atoms with van der Waals surface area (Å²) in [6.07, 6.45) is 0.323. The molecule has 3 heterocycles. The van der Waals surface area contributed by atoms with Gasteiger partial charge in [-0.25, -0.2) is 9.80 Å². The topological polar surface area (TPSA) is 81.2 Å². The van der Waals surface area contributed by atoms with Crippen LogP contribution in [0.2, 0.25) is 0 Å². The minimum atomic E-state index is -0.487. The second-order valence-corrected chi connectivity index (χ2v) is 9.27. The Balaban J connectivity index is 1.24. The highest BCUT2D eigenvalue weighted by Gasteiger charge is 2.46. The number of amides is 4. The third-order valence-electron chi connectivity index (χ3n) is 7.09. The van der Waals surface area contributed by atoms with Crippen molar-refractivity contribution in [3.8, 4) is 0 Å². The van der Waals surface area contributed by atoms with E-state index in [1.54, 1.807) is 12.1 Å². The number of para-hydroxylation sites is 1. The van der Waals surface area contributed by atoms with Crippen molar-refractivity contribution >= 4 is 35.0 Å². The monoisotopic (exact) mass is 460 g/mol. The second kappa shape index (κ2) is 8.77. The van der Waals surface area contributed by atoms with Gasteiger partial charge < -0.3 is 0 Å². The summed E-state index contributed by atoms with van der Waals surface area (Å²) >= 11 is 0. The molecule has 2 atom stereocenters. The summed E-state index contributed by atoms with van der Waals surface area (Å²) in [6, 6.07) is 13.8. The summed E-state index contributed by atoms with van der Waals surface area (Å²) in [6.45, 7) is 6.07. The van der Waals surface area contributed by atoms with Crippen LogP contribution in [0.1, 0.15) is 24.0 Å². The Morgan fingerprint density at radius 2 is 1.24 bits per heavy atom. The first kappa shape index (κ1) is 22.4. The van der Waals surface area contributed by atoms with Gasteiger partial charge in [0.15, 0.2) is 0 Å².